The van der Waals surface area contributed by atoms with E-state index in [1.807, 2.05) is 74.5 Å². The van der Waals surface area contributed by atoms with E-state index in [1.165, 1.54) is 0 Å². The Morgan fingerprint density at radius 2 is 1.66 bits per heavy atom. The maximum atomic E-state index is 10.8. The Bertz CT molecular complexity index is 769. The molecule has 6 nitrogen and oxygen atoms in total. The van der Waals surface area contributed by atoms with Gasteiger partial charge in [0, 0.05) is 13.1 Å². The fourth-order valence-electron chi connectivity index (χ4n) is 3.85. The lowest BCUT2D eigenvalue weighted by Gasteiger charge is -2.29. The second kappa shape index (κ2) is 8.92. The van der Waals surface area contributed by atoms with Crippen molar-refractivity contribution in [1.82, 2.24) is 5.32 Å². The van der Waals surface area contributed by atoms with Gasteiger partial charge in [-0.3, -0.25) is 0 Å². The largest absolute Gasteiger partial charge is 0.389 e. The van der Waals surface area contributed by atoms with Crippen molar-refractivity contribution in [2.75, 3.05) is 6.54 Å². The number of ether oxygens (including phenoxy) is 4. The predicted molar refractivity (Wildman–Crippen MR) is 108 cm³/mol. The summed E-state index contributed by atoms with van der Waals surface area (Å²) in [6.07, 6.45) is -2.62. The first-order valence-electron chi connectivity index (χ1n) is 10.1. The van der Waals surface area contributed by atoms with Gasteiger partial charge in [-0.05, 0) is 25.0 Å². The molecule has 2 fully saturated rings. The van der Waals surface area contributed by atoms with Crippen molar-refractivity contribution >= 4 is 0 Å². The van der Waals surface area contributed by atoms with Gasteiger partial charge in [0.05, 0.1) is 12.7 Å². The first-order chi connectivity index (χ1) is 14.0. The van der Waals surface area contributed by atoms with Crippen molar-refractivity contribution < 1.29 is 24.1 Å². The summed E-state index contributed by atoms with van der Waals surface area (Å²) in [6, 6.07) is 20.0. The molecule has 2 aromatic carbocycles. The van der Waals surface area contributed by atoms with Crippen LogP contribution in [0.5, 0.6) is 0 Å². The molecule has 156 valence electrons. The van der Waals surface area contributed by atoms with E-state index in [2.05, 4.69) is 5.32 Å². The summed E-state index contributed by atoms with van der Waals surface area (Å²) in [5.41, 5.74) is 2.22. The molecular weight excluding hydrogens is 370 g/mol. The number of hydrogen-bond acceptors (Lipinski definition) is 6. The molecule has 2 aliphatic heterocycles. The third-order valence-corrected chi connectivity index (χ3v) is 5.22. The molecule has 0 aromatic heterocycles. The van der Waals surface area contributed by atoms with Crippen molar-refractivity contribution in [2.24, 2.45) is 0 Å². The SMILES string of the molecule is CC1(C)O[C@H]2O[C@H]([C@H](O)CNCc3ccccc3)[C@H](OCc3ccccc3)[C@H]2O1. The van der Waals surface area contributed by atoms with E-state index >= 15 is 0 Å². The van der Waals surface area contributed by atoms with Crippen LogP contribution in [0, 0.1) is 0 Å². The topological polar surface area (TPSA) is 69.2 Å². The van der Waals surface area contributed by atoms with E-state index in [1.54, 1.807) is 0 Å². The van der Waals surface area contributed by atoms with Crippen LogP contribution >= 0.6 is 0 Å². The normalized spacial score (nSPS) is 28.9. The molecule has 0 spiro atoms. The van der Waals surface area contributed by atoms with Crippen LogP contribution in [0.2, 0.25) is 0 Å². The molecule has 2 aromatic rings. The Hall–Kier alpha value is -1.80. The van der Waals surface area contributed by atoms with Crippen LogP contribution in [0.3, 0.4) is 0 Å². The third-order valence-electron chi connectivity index (χ3n) is 5.22. The summed E-state index contributed by atoms with van der Waals surface area (Å²) in [7, 11) is 0. The summed E-state index contributed by atoms with van der Waals surface area (Å²) in [6.45, 7) is 5.19. The zero-order chi connectivity index (χ0) is 20.3. The smallest absolute Gasteiger partial charge is 0.190 e. The third kappa shape index (κ3) is 5.04. The highest BCUT2D eigenvalue weighted by molar-refractivity contribution is 5.15. The molecule has 4 rings (SSSR count). The summed E-state index contributed by atoms with van der Waals surface area (Å²) in [5, 5.41) is 14.1. The molecule has 0 aliphatic carbocycles. The van der Waals surface area contributed by atoms with Gasteiger partial charge >= 0.3 is 0 Å². The first-order valence-corrected chi connectivity index (χ1v) is 10.1. The standard InChI is InChI=1S/C23H29NO5/c1-23(2)28-21-20(26-15-17-11-7-4-8-12-17)19(27-22(21)29-23)18(25)14-24-13-16-9-5-3-6-10-16/h3-12,18-22,24-25H,13-15H2,1-2H3/t18-,19-,20+,21-,22-/m1/s1. The fourth-order valence-corrected chi connectivity index (χ4v) is 3.85. The number of rotatable bonds is 8. The van der Waals surface area contributed by atoms with Gasteiger partial charge in [0.15, 0.2) is 12.1 Å². The molecule has 29 heavy (non-hydrogen) atoms. The number of aliphatic hydroxyl groups is 1. The zero-order valence-corrected chi connectivity index (χ0v) is 16.9. The molecular formula is C23H29NO5. The van der Waals surface area contributed by atoms with Crippen LogP contribution in [-0.4, -0.2) is 48.1 Å². The molecule has 2 N–H and O–H groups in total. The van der Waals surface area contributed by atoms with Crippen LogP contribution in [-0.2, 0) is 32.1 Å². The lowest BCUT2D eigenvalue weighted by molar-refractivity contribution is -0.230. The van der Waals surface area contributed by atoms with Crippen molar-refractivity contribution in [3.63, 3.8) is 0 Å². The van der Waals surface area contributed by atoms with Crippen molar-refractivity contribution in [3.05, 3.63) is 71.8 Å². The van der Waals surface area contributed by atoms with Gasteiger partial charge in [-0.25, -0.2) is 0 Å². The highest BCUT2D eigenvalue weighted by atomic mass is 16.8. The Balaban J connectivity index is 1.38. The van der Waals surface area contributed by atoms with Gasteiger partial charge < -0.3 is 29.4 Å². The summed E-state index contributed by atoms with van der Waals surface area (Å²) < 4.78 is 24.1. The number of benzene rings is 2. The average Bonchev–Trinajstić information content (AvgIpc) is 3.19. The average molecular weight is 399 g/mol. The Labute approximate surface area is 171 Å². The molecule has 0 amide bonds. The van der Waals surface area contributed by atoms with Gasteiger partial charge in [-0.1, -0.05) is 60.7 Å². The number of fused-ring (bicyclic) bond motifs is 1. The summed E-state index contributed by atoms with van der Waals surface area (Å²) >= 11 is 0. The molecule has 2 heterocycles. The minimum Gasteiger partial charge on any atom is -0.389 e. The number of nitrogens with one attached hydrogen (secondary N) is 1. The van der Waals surface area contributed by atoms with Crippen LogP contribution in [0.4, 0.5) is 0 Å². The van der Waals surface area contributed by atoms with Crippen LogP contribution in [0.1, 0.15) is 25.0 Å². The Morgan fingerprint density at radius 3 is 2.34 bits per heavy atom. The minimum atomic E-state index is -0.750. The lowest BCUT2D eigenvalue weighted by atomic mass is 10.0. The zero-order valence-electron chi connectivity index (χ0n) is 16.9. The highest BCUT2D eigenvalue weighted by Gasteiger charge is 2.56. The summed E-state index contributed by atoms with van der Waals surface area (Å²) in [4.78, 5) is 0. The van der Waals surface area contributed by atoms with Crippen LogP contribution in [0.25, 0.3) is 0 Å². The van der Waals surface area contributed by atoms with Crippen molar-refractivity contribution in [3.8, 4) is 0 Å². The van der Waals surface area contributed by atoms with Gasteiger partial charge in [0.1, 0.15) is 18.3 Å². The molecule has 0 unspecified atom stereocenters. The maximum absolute atomic E-state index is 10.8. The van der Waals surface area contributed by atoms with Crippen LogP contribution < -0.4 is 5.32 Å². The number of hydrogen-bond donors (Lipinski definition) is 2. The van der Waals surface area contributed by atoms with Gasteiger partial charge in [0.2, 0.25) is 0 Å². The molecule has 0 radical (unpaired) electrons. The maximum Gasteiger partial charge on any atom is 0.190 e. The van der Waals surface area contributed by atoms with E-state index in [0.717, 1.165) is 11.1 Å². The second-order valence-electron chi connectivity index (χ2n) is 8.01. The predicted octanol–water partition coefficient (Wildman–Crippen LogP) is 2.60. The van der Waals surface area contributed by atoms with Crippen molar-refractivity contribution in [2.45, 2.75) is 63.5 Å². The van der Waals surface area contributed by atoms with Crippen LogP contribution in [0.15, 0.2) is 60.7 Å². The van der Waals surface area contributed by atoms with Gasteiger partial charge in [-0.15, -0.1) is 0 Å². The molecule has 6 heteroatoms. The van der Waals surface area contributed by atoms with E-state index in [9.17, 15) is 5.11 Å². The van der Waals surface area contributed by atoms with E-state index in [0.29, 0.717) is 19.7 Å². The molecule has 2 aliphatic rings. The first kappa shape index (κ1) is 20.5. The molecule has 5 atom stereocenters. The molecule has 2 saturated heterocycles. The van der Waals surface area contributed by atoms with E-state index in [4.69, 9.17) is 18.9 Å². The minimum absolute atomic E-state index is 0.373. The Kier molecular flexibility index (Phi) is 6.29. The van der Waals surface area contributed by atoms with E-state index < -0.39 is 30.4 Å². The monoisotopic (exact) mass is 399 g/mol. The van der Waals surface area contributed by atoms with Crippen molar-refractivity contribution in [1.29, 1.82) is 0 Å². The fraction of sp³-hybridized carbons (Fsp3) is 0.478. The highest BCUT2D eigenvalue weighted by Crippen LogP contribution is 2.39. The quantitative estimate of drug-likeness (QED) is 0.711. The lowest BCUT2D eigenvalue weighted by Crippen LogP contribution is -2.46. The Morgan fingerprint density at radius 1 is 1.00 bits per heavy atom. The van der Waals surface area contributed by atoms with E-state index in [-0.39, 0.29) is 6.10 Å². The molecule has 0 bridgehead atoms. The number of aliphatic hydroxyl groups excluding tert-OH is 1. The summed E-state index contributed by atoms with van der Waals surface area (Å²) in [5.74, 6) is -0.731. The van der Waals surface area contributed by atoms with Gasteiger partial charge in [-0.2, -0.15) is 0 Å². The molecule has 0 saturated carbocycles. The van der Waals surface area contributed by atoms with Gasteiger partial charge in [0.25, 0.3) is 0 Å². The second-order valence-corrected chi connectivity index (χ2v) is 8.01.